The van der Waals surface area contributed by atoms with E-state index in [4.69, 9.17) is 9.47 Å². The standard InChI is InChI=1S/C23H34N2O4/c1-28-17-8-9-18(20(15-17)29-2)22-19-7-3-4-10-23(19,27)11-14-25(22)16-21(26)24-12-5-6-13-24/h8-9,15,19,22,27H,3-7,10-14,16H2,1-2H3/p+1/t19-,22+,23+/m0/s1. The van der Waals surface area contributed by atoms with Crippen molar-refractivity contribution in [3.63, 3.8) is 0 Å². The minimum absolute atomic E-state index is 0.0569. The van der Waals surface area contributed by atoms with E-state index in [1.54, 1.807) is 14.2 Å². The lowest BCUT2D eigenvalue weighted by atomic mass is 9.66. The molecule has 1 aliphatic carbocycles. The zero-order valence-corrected chi connectivity index (χ0v) is 17.8. The average Bonchev–Trinajstić information content (AvgIpc) is 3.28. The molecule has 0 aromatic heterocycles. The summed E-state index contributed by atoms with van der Waals surface area (Å²) in [5.74, 6) is 1.94. The van der Waals surface area contributed by atoms with E-state index in [-0.39, 0.29) is 17.9 Å². The molecule has 2 N–H and O–H groups in total. The first kappa shape index (κ1) is 20.5. The zero-order valence-electron chi connectivity index (χ0n) is 17.8. The second-order valence-electron chi connectivity index (χ2n) is 8.96. The summed E-state index contributed by atoms with van der Waals surface area (Å²) in [6.45, 7) is 3.07. The van der Waals surface area contributed by atoms with Crippen LogP contribution in [0.3, 0.4) is 0 Å². The van der Waals surface area contributed by atoms with Crippen molar-refractivity contribution >= 4 is 5.91 Å². The SMILES string of the molecule is COc1ccc([C@@H]2[C@@H]3CCCC[C@@]3(O)CC[NH+]2CC(=O)N2CCCC2)c(OC)c1. The Kier molecular flexibility index (Phi) is 6.02. The number of fused-ring (bicyclic) bond motifs is 1. The number of amides is 1. The fourth-order valence-electron chi connectivity index (χ4n) is 5.84. The van der Waals surface area contributed by atoms with Gasteiger partial charge in [0.1, 0.15) is 17.5 Å². The number of hydrogen-bond donors (Lipinski definition) is 2. The normalized spacial score (nSPS) is 32.0. The number of benzene rings is 1. The topological polar surface area (TPSA) is 63.4 Å². The lowest BCUT2D eigenvalue weighted by Gasteiger charge is -2.50. The predicted octanol–water partition coefficient (Wildman–Crippen LogP) is 1.58. The molecule has 4 rings (SSSR count). The third-order valence-corrected chi connectivity index (χ3v) is 7.40. The first-order valence-electron chi connectivity index (χ1n) is 11.1. The summed E-state index contributed by atoms with van der Waals surface area (Å²) in [6.07, 6.45) is 7.07. The summed E-state index contributed by atoms with van der Waals surface area (Å²) in [5.41, 5.74) is 0.455. The highest BCUT2D eigenvalue weighted by Gasteiger charge is 2.52. The van der Waals surface area contributed by atoms with Gasteiger partial charge in [0, 0.05) is 31.5 Å². The number of nitrogens with zero attached hydrogens (tertiary/aromatic N) is 1. The third-order valence-electron chi connectivity index (χ3n) is 7.40. The molecule has 2 heterocycles. The molecule has 4 atom stereocenters. The first-order valence-corrected chi connectivity index (χ1v) is 11.1. The molecular formula is C23H35N2O4+. The molecule has 1 unspecified atom stereocenters. The quantitative estimate of drug-likeness (QED) is 0.784. The van der Waals surface area contributed by atoms with E-state index in [9.17, 15) is 9.90 Å². The Morgan fingerprint density at radius 2 is 1.97 bits per heavy atom. The van der Waals surface area contributed by atoms with Crippen LogP contribution in [0.15, 0.2) is 18.2 Å². The number of nitrogens with one attached hydrogen (secondary N) is 1. The summed E-state index contributed by atoms with van der Waals surface area (Å²) in [4.78, 5) is 16.3. The highest BCUT2D eigenvalue weighted by molar-refractivity contribution is 5.77. The molecular weight excluding hydrogens is 368 g/mol. The van der Waals surface area contributed by atoms with Crippen LogP contribution in [0.2, 0.25) is 0 Å². The smallest absolute Gasteiger partial charge is 0.277 e. The number of carbonyl (C=O) groups excluding carboxylic acids is 1. The molecule has 2 aliphatic heterocycles. The van der Waals surface area contributed by atoms with Gasteiger partial charge >= 0.3 is 0 Å². The van der Waals surface area contributed by atoms with Gasteiger partial charge in [0.15, 0.2) is 6.54 Å². The second kappa shape index (κ2) is 8.52. The van der Waals surface area contributed by atoms with E-state index >= 15 is 0 Å². The largest absolute Gasteiger partial charge is 0.497 e. The minimum Gasteiger partial charge on any atom is -0.497 e. The number of piperidine rings is 1. The van der Waals surface area contributed by atoms with Crippen molar-refractivity contribution in [3.8, 4) is 11.5 Å². The van der Waals surface area contributed by atoms with Crippen LogP contribution in [-0.2, 0) is 4.79 Å². The Labute approximate surface area is 173 Å². The van der Waals surface area contributed by atoms with E-state index in [2.05, 4.69) is 6.07 Å². The maximum atomic E-state index is 13.0. The fraction of sp³-hybridized carbons (Fsp3) is 0.696. The van der Waals surface area contributed by atoms with Crippen LogP contribution in [0.5, 0.6) is 11.5 Å². The lowest BCUT2D eigenvalue weighted by Crippen LogP contribution is -3.16. The van der Waals surface area contributed by atoms with Crippen molar-refractivity contribution in [2.75, 3.05) is 40.4 Å². The molecule has 6 nitrogen and oxygen atoms in total. The van der Waals surface area contributed by atoms with Crippen LogP contribution in [0.1, 0.15) is 56.6 Å². The molecule has 29 heavy (non-hydrogen) atoms. The fourth-order valence-corrected chi connectivity index (χ4v) is 5.84. The monoisotopic (exact) mass is 403 g/mol. The zero-order chi connectivity index (χ0) is 20.4. The van der Waals surface area contributed by atoms with Gasteiger partial charge in [0.25, 0.3) is 5.91 Å². The number of carbonyl (C=O) groups is 1. The molecule has 1 aromatic carbocycles. The first-order chi connectivity index (χ1) is 14.1. The van der Waals surface area contributed by atoms with Crippen LogP contribution in [0.4, 0.5) is 0 Å². The Balaban J connectivity index is 1.67. The molecule has 0 bridgehead atoms. The minimum atomic E-state index is -0.631. The summed E-state index contributed by atoms with van der Waals surface area (Å²) < 4.78 is 11.1. The molecule has 0 radical (unpaired) electrons. The molecule has 1 amide bonds. The van der Waals surface area contributed by atoms with Crippen LogP contribution in [0.25, 0.3) is 0 Å². The Hall–Kier alpha value is -1.79. The van der Waals surface area contributed by atoms with Crippen LogP contribution in [-0.4, -0.2) is 61.9 Å². The van der Waals surface area contributed by atoms with Crippen LogP contribution < -0.4 is 14.4 Å². The highest BCUT2D eigenvalue weighted by atomic mass is 16.5. The number of likely N-dealkylation sites (tertiary alicyclic amines) is 2. The van der Waals surface area contributed by atoms with E-state index in [1.807, 2.05) is 17.0 Å². The van der Waals surface area contributed by atoms with E-state index in [0.717, 1.165) is 81.6 Å². The molecule has 160 valence electrons. The molecule has 3 aliphatic rings. The van der Waals surface area contributed by atoms with Gasteiger partial charge < -0.3 is 24.4 Å². The van der Waals surface area contributed by atoms with Crippen molar-refractivity contribution in [1.29, 1.82) is 0 Å². The van der Waals surface area contributed by atoms with Crippen molar-refractivity contribution in [2.45, 2.75) is 56.6 Å². The predicted molar refractivity (Wildman–Crippen MR) is 110 cm³/mol. The van der Waals surface area contributed by atoms with Crippen molar-refractivity contribution in [3.05, 3.63) is 23.8 Å². The molecule has 0 spiro atoms. The van der Waals surface area contributed by atoms with Gasteiger partial charge in [-0.15, -0.1) is 0 Å². The van der Waals surface area contributed by atoms with E-state index in [0.29, 0.717) is 6.54 Å². The number of hydrogen-bond acceptors (Lipinski definition) is 4. The van der Waals surface area contributed by atoms with Gasteiger partial charge in [0.2, 0.25) is 0 Å². The average molecular weight is 404 g/mol. The molecule has 6 heteroatoms. The summed E-state index contributed by atoms with van der Waals surface area (Å²) >= 11 is 0. The van der Waals surface area contributed by atoms with E-state index < -0.39 is 5.60 Å². The Bertz CT molecular complexity index is 734. The number of methoxy groups -OCH3 is 2. The second-order valence-corrected chi connectivity index (χ2v) is 8.96. The van der Waals surface area contributed by atoms with Gasteiger partial charge in [0.05, 0.1) is 31.9 Å². The van der Waals surface area contributed by atoms with Gasteiger partial charge in [-0.2, -0.15) is 0 Å². The number of quaternary nitrogens is 1. The maximum Gasteiger partial charge on any atom is 0.277 e. The Morgan fingerprint density at radius 3 is 2.69 bits per heavy atom. The van der Waals surface area contributed by atoms with Crippen LogP contribution >= 0.6 is 0 Å². The maximum absolute atomic E-state index is 13.0. The molecule has 3 fully saturated rings. The highest BCUT2D eigenvalue weighted by Crippen LogP contribution is 2.46. The summed E-state index contributed by atoms with van der Waals surface area (Å²) in [6, 6.07) is 6.02. The van der Waals surface area contributed by atoms with Gasteiger partial charge in [-0.25, -0.2) is 0 Å². The van der Waals surface area contributed by atoms with Crippen molar-refractivity contribution < 1.29 is 24.3 Å². The number of rotatable bonds is 5. The van der Waals surface area contributed by atoms with Gasteiger partial charge in [-0.1, -0.05) is 12.8 Å². The van der Waals surface area contributed by atoms with Crippen molar-refractivity contribution in [1.82, 2.24) is 4.90 Å². The molecule has 1 aromatic rings. The van der Waals surface area contributed by atoms with Crippen molar-refractivity contribution in [2.24, 2.45) is 5.92 Å². The lowest BCUT2D eigenvalue weighted by molar-refractivity contribution is -0.938. The summed E-state index contributed by atoms with van der Waals surface area (Å²) in [7, 11) is 3.34. The van der Waals surface area contributed by atoms with Gasteiger partial charge in [-0.3, -0.25) is 4.79 Å². The van der Waals surface area contributed by atoms with Crippen LogP contribution in [0, 0.1) is 5.92 Å². The van der Waals surface area contributed by atoms with Gasteiger partial charge in [-0.05, 0) is 37.8 Å². The Morgan fingerprint density at radius 1 is 1.17 bits per heavy atom. The molecule has 2 saturated heterocycles. The summed E-state index contributed by atoms with van der Waals surface area (Å²) in [5, 5.41) is 11.5. The van der Waals surface area contributed by atoms with E-state index in [1.165, 1.54) is 4.90 Å². The number of aliphatic hydroxyl groups is 1. The third kappa shape index (κ3) is 3.97. The number of ether oxygens (including phenoxy) is 2. The molecule has 1 saturated carbocycles.